The first-order valence-corrected chi connectivity index (χ1v) is 10.3. The zero-order valence-electron chi connectivity index (χ0n) is 16.1. The molecule has 0 saturated heterocycles. The summed E-state index contributed by atoms with van der Waals surface area (Å²) >= 11 is 1.53. The van der Waals surface area contributed by atoms with Crippen LogP contribution in [0.2, 0.25) is 0 Å². The molecule has 0 atom stereocenters. The van der Waals surface area contributed by atoms with Gasteiger partial charge in [0.25, 0.3) is 0 Å². The standard InChI is InChI=1S/C23H18F2N2O2S/c1-2-30-26-16-8-10-23(29-22-9-7-15(24)13-18(22)25)20(14-16)27-12-11-21(28)17-5-3-4-6-19(17)27/h3-14,26H,2H2,1H3. The molecule has 1 N–H and O–H groups in total. The lowest BCUT2D eigenvalue weighted by molar-refractivity contribution is 0.436. The molecule has 4 aromatic rings. The van der Waals surface area contributed by atoms with E-state index in [1.807, 2.05) is 35.8 Å². The zero-order chi connectivity index (χ0) is 21.1. The second-order valence-electron chi connectivity index (χ2n) is 6.46. The molecule has 0 bridgehead atoms. The average molecular weight is 424 g/mol. The predicted octanol–water partition coefficient (Wildman–Crippen LogP) is 6.14. The van der Waals surface area contributed by atoms with Gasteiger partial charge >= 0.3 is 0 Å². The Balaban J connectivity index is 1.88. The van der Waals surface area contributed by atoms with Crippen molar-refractivity contribution in [1.29, 1.82) is 0 Å². The van der Waals surface area contributed by atoms with Crippen LogP contribution >= 0.6 is 11.9 Å². The van der Waals surface area contributed by atoms with Gasteiger partial charge in [0.1, 0.15) is 5.82 Å². The number of benzene rings is 3. The molecule has 0 saturated carbocycles. The summed E-state index contributed by atoms with van der Waals surface area (Å²) in [7, 11) is 0. The van der Waals surface area contributed by atoms with Crippen LogP contribution in [0.25, 0.3) is 16.6 Å². The predicted molar refractivity (Wildman–Crippen MR) is 118 cm³/mol. The van der Waals surface area contributed by atoms with E-state index in [-0.39, 0.29) is 11.2 Å². The third-order valence-electron chi connectivity index (χ3n) is 4.47. The van der Waals surface area contributed by atoms with Gasteiger partial charge in [-0.25, -0.2) is 8.78 Å². The van der Waals surface area contributed by atoms with Crippen LogP contribution in [0.4, 0.5) is 14.5 Å². The van der Waals surface area contributed by atoms with Gasteiger partial charge in [-0.1, -0.05) is 31.0 Å². The van der Waals surface area contributed by atoms with E-state index in [1.54, 1.807) is 24.4 Å². The maximum absolute atomic E-state index is 14.2. The number of nitrogens with zero attached hydrogens (tertiary/aromatic N) is 1. The summed E-state index contributed by atoms with van der Waals surface area (Å²) in [6, 6.07) is 17.3. The Hall–Kier alpha value is -3.32. The molecule has 0 unspecified atom stereocenters. The Morgan fingerprint density at radius 3 is 2.60 bits per heavy atom. The SMILES string of the molecule is CCSNc1ccc(Oc2ccc(F)cc2F)c(-n2ccc(=O)c3ccccc32)c1. The van der Waals surface area contributed by atoms with Gasteiger partial charge in [-0.15, -0.1) is 0 Å². The Kier molecular flexibility index (Phi) is 5.72. The van der Waals surface area contributed by atoms with Crippen molar-refractivity contribution in [2.24, 2.45) is 0 Å². The van der Waals surface area contributed by atoms with Crippen molar-refractivity contribution < 1.29 is 13.5 Å². The molecule has 4 rings (SSSR count). The number of fused-ring (bicyclic) bond motifs is 1. The normalized spacial score (nSPS) is 10.9. The van der Waals surface area contributed by atoms with E-state index in [9.17, 15) is 13.6 Å². The number of nitrogens with one attached hydrogen (secondary N) is 1. The number of rotatable bonds is 6. The fourth-order valence-electron chi connectivity index (χ4n) is 3.10. The highest BCUT2D eigenvalue weighted by atomic mass is 32.2. The number of pyridine rings is 1. The van der Waals surface area contributed by atoms with Crippen molar-refractivity contribution in [2.45, 2.75) is 6.92 Å². The van der Waals surface area contributed by atoms with Crippen LogP contribution in [0.5, 0.6) is 11.5 Å². The van der Waals surface area contributed by atoms with E-state index in [2.05, 4.69) is 4.72 Å². The van der Waals surface area contributed by atoms with E-state index in [0.29, 0.717) is 22.3 Å². The van der Waals surface area contributed by atoms with Crippen LogP contribution in [0.15, 0.2) is 77.7 Å². The Morgan fingerprint density at radius 2 is 1.80 bits per heavy atom. The molecule has 4 nitrogen and oxygen atoms in total. The van der Waals surface area contributed by atoms with Gasteiger partial charge in [-0.2, -0.15) is 0 Å². The van der Waals surface area contributed by atoms with Gasteiger partial charge in [0.05, 0.1) is 11.2 Å². The summed E-state index contributed by atoms with van der Waals surface area (Å²) in [4.78, 5) is 12.3. The smallest absolute Gasteiger partial charge is 0.189 e. The number of halogens is 2. The lowest BCUT2D eigenvalue weighted by atomic mass is 10.2. The number of anilines is 1. The minimum Gasteiger partial charge on any atom is -0.452 e. The van der Waals surface area contributed by atoms with Gasteiger partial charge in [0.2, 0.25) is 0 Å². The number of aromatic nitrogens is 1. The van der Waals surface area contributed by atoms with Crippen molar-refractivity contribution in [2.75, 3.05) is 10.5 Å². The monoisotopic (exact) mass is 424 g/mol. The topological polar surface area (TPSA) is 43.3 Å². The number of para-hydroxylation sites is 1. The van der Waals surface area contributed by atoms with E-state index in [4.69, 9.17) is 4.74 Å². The molecule has 30 heavy (non-hydrogen) atoms. The molecule has 0 aliphatic heterocycles. The summed E-state index contributed by atoms with van der Waals surface area (Å²) in [5.41, 5.74) is 2.03. The quantitative estimate of drug-likeness (QED) is 0.378. The van der Waals surface area contributed by atoms with Gasteiger partial charge in [-0.3, -0.25) is 4.79 Å². The largest absolute Gasteiger partial charge is 0.452 e. The molecule has 7 heteroatoms. The van der Waals surface area contributed by atoms with Gasteiger partial charge in [0, 0.05) is 35.2 Å². The third kappa shape index (κ3) is 4.02. The highest BCUT2D eigenvalue weighted by molar-refractivity contribution is 8.00. The van der Waals surface area contributed by atoms with Crippen LogP contribution in [-0.4, -0.2) is 10.3 Å². The second kappa shape index (κ2) is 8.59. The minimum atomic E-state index is -0.797. The fourth-order valence-corrected chi connectivity index (χ4v) is 3.54. The van der Waals surface area contributed by atoms with E-state index >= 15 is 0 Å². The summed E-state index contributed by atoms with van der Waals surface area (Å²) in [5.74, 6) is -0.333. The Bertz CT molecular complexity index is 1270. The number of hydrogen-bond donors (Lipinski definition) is 1. The maximum Gasteiger partial charge on any atom is 0.189 e. The first-order valence-electron chi connectivity index (χ1n) is 9.32. The molecular formula is C23H18F2N2O2S. The third-order valence-corrected chi connectivity index (χ3v) is 5.14. The highest BCUT2D eigenvalue weighted by Crippen LogP contribution is 2.34. The molecule has 152 valence electrons. The van der Waals surface area contributed by atoms with Crippen molar-refractivity contribution in [1.82, 2.24) is 4.57 Å². The Labute approximate surface area is 176 Å². The lowest BCUT2D eigenvalue weighted by Gasteiger charge is -2.17. The molecule has 0 aliphatic rings. The summed E-state index contributed by atoms with van der Waals surface area (Å²) in [6.45, 7) is 2.03. The van der Waals surface area contributed by atoms with Gasteiger partial charge < -0.3 is 14.0 Å². The average Bonchev–Trinajstić information content (AvgIpc) is 2.75. The summed E-state index contributed by atoms with van der Waals surface area (Å²) < 4.78 is 38.3. The van der Waals surface area contributed by atoms with E-state index in [1.165, 1.54) is 24.1 Å². The minimum absolute atomic E-state index is 0.0911. The molecule has 0 spiro atoms. The van der Waals surface area contributed by atoms with Crippen LogP contribution in [0.3, 0.4) is 0 Å². The van der Waals surface area contributed by atoms with Crippen LogP contribution in [0, 0.1) is 11.6 Å². The van der Waals surface area contributed by atoms with Crippen molar-refractivity contribution >= 4 is 28.5 Å². The molecule has 0 radical (unpaired) electrons. The maximum atomic E-state index is 14.2. The lowest BCUT2D eigenvalue weighted by Crippen LogP contribution is -2.07. The first kappa shape index (κ1) is 20.0. The van der Waals surface area contributed by atoms with Crippen molar-refractivity contribution in [3.05, 3.63) is 94.8 Å². The second-order valence-corrected chi connectivity index (χ2v) is 7.53. The molecular weight excluding hydrogens is 406 g/mol. The van der Waals surface area contributed by atoms with E-state index < -0.39 is 11.6 Å². The highest BCUT2D eigenvalue weighted by Gasteiger charge is 2.14. The first-order chi connectivity index (χ1) is 14.6. The van der Waals surface area contributed by atoms with Gasteiger partial charge in [-0.05, 0) is 42.5 Å². The van der Waals surface area contributed by atoms with Crippen LogP contribution < -0.4 is 14.9 Å². The van der Waals surface area contributed by atoms with Crippen LogP contribution in [0.1, 0.15) is 6.92 Å². The zero-order valence-corrected chi connectivity index (χ0v) is 16.9. The molecule has 0 aliphatic carbocycles. The molecule has 3 aromatic carbocycles. The van der Waals surface area contributed by atoms with Gasteiger partial charge in [0.15, 0.2) is 22.7 Å². The number of ether oxygens (including phenoxy) is 1. The van der Waals surface area contributed by atoms with Crippen molar-refractivity contribution in [3.63, 3.8) is 0 Å². The molecule has 1 aromatic heterocycles. The number of hydrogen-bond acceptors (Lipinski definition) is 4. The van der Waals surface area contributed by atoms with Crippen LogP contribution in [-0.2, 0) is 0 Å². The molecule has 0 amide bonds. The molecule has 1 heterocycles. The van der Waals surface area contributed by atoms with E-state index in [0.717, 1.165) is 23.6 Å². The molecule has 0 fully saturated rings. The Morgan fingerprint density at radius 1 is 1.00 bits per heavy atom. The van der Waals surface area contributed by atoms with Crippen molar-refractivity contribution in [3.8, 4) is 17.2 Å². The summed E-state index contributed by atoms with van der Waals surface area (Å²) in [5, 5.41) is 0.556. The fraction of sp³-hybridized carbons (Fsp3) is 0.0870. The summed E-state index contributed by atoms with van der Waals surface area (Å²) in [6.07, 6.45) is 1.66.